The number of fused-ring (bicyclic) bond motifs is 1. The molecule has 1 amide bonds. The van der Waals surface area contributed by atoms with Crippen LogP contribution in [0.25, 0.3) is 0 Å². The van der Waals surface area contributed by atoms with E-state index < -0.39 is 0 Å². The minimum atomic E-state index is -0.0170. The van der Waals surface area contributed by atoms with Crippen molar-refractivity contribution in [3.63, 3.8) is 0 Å². The van der Waals surface area contributed by atoms with E-state index in [1.807, 2.05) is 11.9 Å². The molecule has 1 aliphatic carbocycles. The maximum absolute atomic E-state index is 12.7. The molecule has 0 aromatic heterocycles. The van der Waals surface area contributed by atoms with Gasteiger partial charge in [-0.05, 0) is 55.7 Å². The van der Waals surface area contributed by atoms with Gasteiger partial charge in [0, 0.05) is 52.9 Å². The summed E-state index contributed by atoms with van der Waals surface area (Å²) in [6.45, 7) is 8.36. The lowest BCUT2D eigenvalue weighted by molar-refractivity contribution is -0.135. The third kappa shape index (κ3) is 4.58. The van der Waals surface area contributed by atoms with Crippen molar-refractivity contribution in [2.24, 2.45) is 4.99 Å². The molecule has 0 spiro atoms. The number of carbonyl (C=O) groups is 1. The summed E-state index contributed by atoms with van der Waals surface area (Å²) < 4.78 is 0. The van der Waals surface area contributed by atoms with Crippen LogP contribution in [0, 0.1) is 0 Å². The summed E-state index contributed by atoms with van der Waals surface area (Å²) in [4.78, 5) is 23.9. The smallest absolute Gasteiger partial charge is 0.239 e. The molecule has 2 fully saturated rings. The second-order valence-corrected chi connectivity index (χ2v) is 8.59. The zero-order valence-corrected chi connectivity index (χ0v) is 18.0. The molecule has 0 radical (unpaired) electrons. The number of hydrogen-bond acceptors (Lipinski definition) is 3. The van der Waals surface area contributed by atoms with Crippen molar-refractivity contribution in [1.82, 2.24) is 20.0 Å². The number of benzene rings is 1. The van der Waals surface area contributed by atoms with E-state index in [0.29, 0.717) is 5.91 Å². The molecular weight excluding hydrogens is 362 g/mol. The molecular formula is C23H35N5O. The van der Waals surface area contributed by atoms with Crippen LogP contribution < -0.4 is 5.32 Å². The predicted molar refractivity (Wildman–Crippen MR) is 117 cm³/mol. The van der Waals surface area contributed by atoms with Crippen molar-refractivity contribution in [2.75, 3.05) is 46.3 Å². The highest BCUT2D eigenvalue weighted by atomic mass is 16.2. The summed E-state index contributed by atoms with van der Waals surface area (Å²) in [7, 11) is 1.86. The first-order chi connectivity index (χ1) is 14.2. The summed E-state index contributed by atoms with van der Waals surface area (Å²) in [5.41, 5.74) is 4.37. The lowest BCUT2D eigenvalue weighted by atomic mass is 10.1. The van der Waals surface area contributed by atoms with Crippen molar-refractivity contribution < 1.29 is 4.79 Å². The van der Waals surface area contributed by atoms with Gasteiger partial charge in [0.15, 0.2) is 5.96 Å². The van der Waals surface area contributed by atoms with Crippen molar-refractivity contribution >= 4 is 11.9 Å². The molecule has 3 aliphatic rings. The van der Waals surface area contributed by atoms with E-state index in [1.165, 1.54) is 36.0 Å². The summed E-state index contributed by atoms with van der Waals surface area (Å²) in [6.07, 6.45) is 6.04. The number of hydrogen-bond donors (Lipinski definition) is 1. The van der Waals surface area contributed by atoms with Crippen LogP contribution in [0.15, 0.2) is 23.2 Å². The predicted octanol–water partition coefficient (Wildman–Crippen LogP) is 1.88. The number of piperazine rings is 1. The highest BCUT2D eigenvalue weighted by Gasteiger charge is 2.30. The number of carbonyl (C=O) groups excluding carboxylic acids is 1. The molecule has 6 heteroatoms. The molecule has 2 saturated heterocycles. The third-order valence-electron chi connectivity index (χ3n) is 6.76. The highest BCUT2D eigenvalue weighted by Crippen LogP contribution is 2.22. The fraction of sp³-hybridized carbons (Fsp3) is 0.652. The molecule has 0 bridgehead atoms. The lowest BCUT2D eigenvalue weighted by Gasteiger charge is -2.39. The third-order valence-corrected chi connectivity index (χ3v) is 6.76. The summed E-state index contributed by atoms with van der Waals surface area (Å²) in [5, 5.41) is 3.54. The standard InChI is InChI=1S/C23H35N5O/c1-18(22(29)27-10-3-4-11-27)26-12-14-28(15-13-26)23(24-2)25-17-19-8-9-20-6-5-7-21(20)16-19/h8-9,16,18H,3-7,10-15,17H2,1-2H3,(H,24,25). The minimum Gasteiger partial charge on any atom is -0.352 e. The second kappa shape index (κ2) is 9.16. The zero-order valence-electron chi connectivity index (χ0n) is 18.0. The first kappa shape index (κ1) is 20.2. The van der Waals surface area contributed by atoms with Gasteiger partial charge in [-0.25, -0.2) is 0 Å². The Balaban J connectivity index is 1.27. The van der Waals surface area contributed by atoms with Crippen LogP contribution in [-0.2, 0) is 24.2 Å². The molecule has 6 nitrogen and oxygen atoms in total. The van der Waals surface area contributed by atoms with Crippen molar-refractivity contribution in [3.05, 3.63) is 34.9 Å². The van der Waals surface area contributed by atoms with Crippen LogP contribution in [0.3, 0.4) is 0 Å². The van der Waals surface area contributed by atoms with Gasteiger partial charge in [-0.15, -0.1) is 0 Å². The van der Waals surface area contributed by atoms with Gasteiger partial charge in [-0.3, -0.25) is 14.7 Å². The minimum absolute atomic E-state index is 0.0170. The van der Waals surface area contributed by atoms with Gasteiger partial charge < -0.3 is 15.1 Å². The molecule has 29 heavy (non-hydrogen) atoms. The molecule has 1 atom stereocenters. The second-order valence-electron chi connectivity index (χ2n) is 8.59. The Hall–Kier alpha value is -2.08. The average molecular weight is 398 g/mol. The van der Waals surface area contributed by atoms with Gasteiger partial charge in [0.2, 0.25) is 5.91 Å². The van der Waals surface area contributed by atoms with Crippen LogP contribution in [0.4, 0.5) is 0 Å². The number of likely N-dealkylation sites (tertiary alicyclic amines) is 1. The molecule has 1 aromatic rings. The number of amides is 1. The first-order valence-corrected chi connectivity index (χ1v) is 11.2. The number of rotatable bonds is 4. The Morgan fingerprint density at radius 2 is 1.72 bits per heavy atom. The molecule has 0 saturated carbocycles. The molecule has 2 aliphatic heterocycles. The van der Waals surface area contributed by atoms with E-state index in [2.05, 4.69) is 45.2 Å². The number of nitrogens with one attached hydrogen (secondary N) is 1. The van der Waals surface area contributed by atoms with E-state index >= 15 is 0 Å². The molecule has 2 heterocycles. The highest BCUT2D eigenvalue weighted by molar-refractivity contribution is 5.82. The van der Waals surface area contributed by atoms with E-state index in [9.17, 15) is 4.79 Å². The van der Waals surface area contributed by atoms with Gasteiger partial charge >= 0.3 is 0 Å². The molecule has 1 aromatic carbocycles. The van der Waals surface area contributed by atoms with Crippen molar-refractivity contribution in [2.45, 2.75) is 51.6 Å². The van der Waals surface area contributed by atoms with Crippen LogP contribution in [0.5, 0.6) is 0 Å². The largest absolute Gasteiger partial charge is 0.352 e. The molecule has 158 valence electrons. The molecule has 1 unspecified atom stereocenters. The van der Waals surface area contributed by atoms with Gasteiger partial charge in [0.25, 0.3) is 0 Å². The van der Waals surface area contributed by atoms with Crippen LogP contribution in [-0.4, -0.2) is 78.9 Å². The quantitative estimate of drug-likeness (QED) is 0.623. The molecule has 1 N–H and O–H groups in total. The monoisotopic (exact) mass is 397 g/mol. The Morgan fingerprint density at radius 1 is 1.00 bits per heavy atom. The average Bonchev–Trinajstić information content (AvgIpc) is 3.45. The van der Waals surface area contributed by atoms with Gasteiger partial charge in [0.1, 0.15) is 0 Å². The summed E-state index contributed by atoms with van der Waals surface area (Å²) in [5.74, 6) is 1.26. The van der Waals surface area contributed by atoms with Gasteiger partial charge in [-0.1, -0.05) is 18.2 Å². The SMILES string of the molecule is CN=C(NCc1ccc2c(c1)CCC2)N1CCN(C(C)C(=O)N2CCCC2)CC1. The van der Waals surface area contributed by atoms with Crippen LogP contribution in [0.2, 0.25) is 0 Å². The van der Waals surface area contributed by atoms with Crippen molar-refractivity contribution in [3.8, 4) is 0 Å². The Labute approximate surface area is 175 Å². The topological polar surface area (TPSA) is 51.2 Å². The first-order valence-electron chi connectivity index (χ1n) is 11.2. The number of guanidine groups is 1. The molecule has 4 rings (SSSR count). The lowest BCUT2D eigenvalue weighted by Crippen LogP contribution is -2.57. The fourth-order valence-electron chi connectivity index (χ4n) is 4.93. The Morgan fingerprint density at radius 3 is 2.45 bits per heavy atom. The Kier molecular flexibility index (Phi) is 6.38. The zero-order chi connectivity index (χ0) is 20.2. The maximum Gasteiger partial charge on any atom is 0.239 e. The van der Waals surface area contributed by atoms with E-state index in [4.69, 9.17) is 0 Å². The van der Waals surface area contributed by atoms with Crippen LogP contribution >= 0.6 is 0 Å². The summed E-state index contributed by atoms with van der Waals surface area (Å²) in [6, 6.07) is 6.87. The van der Waals surface area contributed by atoms with Gasteiger partial charge in [-0.2, -0.15) is 0 Å². The van der Waals surface area contributed by atoms with Crippen LogP contribution in [0.1, 0.15) is 42.9 Å². The maximum atomic E-state index is 12.7. The Bertz CT molecular complexity index is 748. The normalized spacial score (nSPS) is 21.4. The fourth-order valence-corrected chi connectivity index (χ4v) is 4.93. The van der Waals surface area contributed by atoms with E-state index in [1.54, 1.807) is 0 Å². The van der Waals surface area contributed by atoms with Gasteiger partial charge in [0.05, 0.1) is 6.04 Å². The van der Waals surface area contributed by atoms with E-state index in [-0.39, 0.29) is 6.04 Å². The summed E-state index contributed by atoms with van der Waals surface area (Å²) >= 11 is 0. The number of aryl methyl sites for hydroxylation is 2. The number of aliphatic imine (C=N–C) groups is 1. The number of nitrogens with zero attached hydrogens (tertiary/aromatic N) is 4. The van der Waals surface area contributed by atoms with E-state index in [0.717, 1.165) is 64.6 Å². The van der Waals surface area contributed by atoms with Crippen molar-refractivity contribution in [1.29, 1.82) is 0 Å².